The van der Waals surface area contributed by atoms with E-state index in [1.54, 1.807) is 11.1 Å². The van der Waals surface area contributed by atoms with Crippen LogP contribution in [-0.4, -0.2) is 37.0 Å². The molecule has 5 rings (SSSR count). The minimum atomic E-state index is -4.64. The molecule has 1 heterocycles. The van der Waals surface area contributed by atoms with Gasteiger partial charge < -0.3 is 4.90 Å². The number of hydrogen-bond acceptors (Lipinski definition) is 2. The summed E-state index contributed by atoms with van der Waals surface area (Å²) >= 11 is 0. The van der Waals surface area contributed by atoms with Gasteiger partial charge in [0.15, 0.2) is 0 Å². The number of aryl methyl sites for hydroxylation is 1. The van der Waals surface area contributed by atoms with Crippen molar-refractivity contribution in [1.82, 2.24) is 4.90 Å². The number of carbonyl (C=O) groups is 1. The van der Waals surface area contributed by atoms with Crippen molar-refractivity contribution >= 4 is 6.29 Å². The quantitative estimate of drug-likeness (QED) is 0.511. The predicted molar refractivity (Wildman–Crippen MR) is 117 cm³/mol. The Hall–Kier alpha value is -2.14. The maximum Gasteiger partial charge on any atom is 0.446 e. The van der Waals surface area contributed by atoms with Gasteiger partial charge in [0.1, 0.15) is 0 Å². The van der Waals surface area contributed by atoms with Crippen molar-refractivity contribution in [1.29, 1.82) is 0 Å². The summed E-state index contributed by atoms with van der Waals surface area (Å²) in [4.78, 5) is 11.4. The molecule has 2 aromatic carbocycles. The highest BCUT2D eigenvalue weighted by Crippen LogP contribution is 2.55. The molecule has 166 valence electrons. The van der Waals surface area contributed by atoms with Crippen LogP contribution in [0.5, 0.6) is 0 Å². The molecule has 0 aromatic heterocycles. The molecule has 31 heavy (non-hydrogen) atoms. The fourth-order valence-electron chi connectivity index (χ4n) is 6.12. The van der Waals surface area contributed by atoms with Crippen LogP contribution >= 0.6 is 0 Å². The van der Waals surface area contributed by atoms with Gasteiger partial charge in [0.05, 0.1) is 0 Å². The Bertz CT molecular complexity index is 937. The second kappa shape index (κ2) is 8.42. The van der Waals surface area contributed by atoms with Crippen LogP contribution in [0.1, 0.15) is 48.8 Å². The standard InChI is InChI=1S/C24H29N.C2HF3O/c1-17-6-8-18(9-7-17)19-10-11-20-16-23-21-5-3-4-12-24(21,22(20)15-19)13-14-25(23)2;3-2(4,5)1-6/h6-11,15,21,23H,3-5,12-14,16H2,1-2H3;1H/t21-,23+,24?;/m1./s1. The lowest BCUT2D eigenvalue weighted by atomic mass is 9.52. The second-order valence-electron chi connectivity index (χ2n) is 9.41. The third-order valence-electron chi connectivity index (χ3n) is 7.63. The fraction of sp³-hybridized carbons (Fsp3) is 0.500. The van der Waals surface area contributed by atoms with Gasteiger partial charge in [0.2, 0.25) is 6.29 Å². The average molecular weight is 430 g/mol. The molecule has 5 heteroatoms. The zero-order valence-corrected chi connectivity index (χ0v) is 18.2. The summed E-state index contributed by atoms with van der Waals surface area (Å²) in [6.45, 7) is 3.44. The van der Waals surface area contributed by atoms with Gasteiger partial charge in [-0.3, -0.25) is 4.79 Å². The minimum absolute atomic E-state index is 0.462. The Kier molecular flexibility index (Phi) is 5.99. The molecule has 0 N–H and O–H groups in total. The normalized spacial score (nSPS) is 27.4. The molecular formula is C26H30F3NO. The third-order valence-corrected chi connectivity index (χ3v) is 7.63. The molecule has 1 saturated heterocycles. The average Bonchev–Trinajstić information content (AvgIpc) is 2.76. The largest absolute Gasteiger partial charge is 0.446 e. The molecular weight excluding hydrogens is 399 g/mol. The van der Waals surface area contributed by atoms with Gasteiger partial charge in [-0.05, 0) is 74.4 Å². The maximum atomic E-state index is 10.4. The predicted octanol–water partition coefficient (Wildman–Crippen LogP) is 6.10. The molecule has 2 nitrogen and oxygen atoms in total. The van der Waals surface area contributed by atoms with Crippen LogP contribution in [0.2, 0.25) is 0 Å². The zero-order valence-electron chi connectivity index (χ0n) is 18.2. The molecule has 0 radical (unpaired) electrons. The molecule has 1 unspecified atom stereocenters. The smallest absolute Gasteiger partial charge is 0.303 e. The molecule has 3 atom stereocenters. The Morgan fingerprint density at radius 3 is 2.39 bits per heavy atom. The first-order valence-corrected chi connectivity index (χ1v) is 11.2. The number of hydrogen-bond donors (Lipinski definition) is 0. The SMILES string of the molecule is Cc1ccc(-c2ccc3c(c2)C24CCCC[C@@H]2[C@H](C3)N(C)CC4)cc1.O=CC(F)(F)F. The number of alkyl halides is 3. The van der Waals surface area contributed by atoms with Crippen LogP contribution in [0.3, 0.4) is 0 Å². The summed E-state index contributed by atoms with van der Waals surface area (Å²) in [6.07, 6.45) is 2.61. The number of aldehydes is 1. The Morgan fingerprint density at radius 1 is 1.03 bits per heavy atom. The lowest BCUT2D eigenvalue weighted by molar-refractivity contribution is -0.156. The monoisotopic (exact) mass is 429 g/mol. The summed E-state index contributed by atoms with van der Waals surface area (Å²) in [5, 5.41) is 0. The van der Waals surface area contributed by atoms with Gasteiger partial charge in [0, 0.05) is 11.5 Å². The molecule has 2 bridgehead atoms. The van der Waals surface area contributed by atoms with Crippen molar-refractivity contribution in [3.8, 4) is 11.1 Å². The van der Waals surface area contributed by atoms with Gasteiger partial charge in [0.25, 0.3) is 0 Å². The van der Waals surface area contributed by atoms with Gasteiger partial charge in [-0.15, -0.1) is 0 Å². The maximum absolute atomic E-state index is 10.4. The van der Waals surface area contributed by atoms with Crippen LogP contribution in [0, 0.1) is 12.8 Å². The molecule has 0 amide bonds. The Balaban J connectivity index is 0.000000342. The van der Waals surface area contributed by atoms with Crippen LogP contribution in [0.4, 0.5) is 13.2 Å². The van der Waals surface area contributed by atoms with Crippen LogP contribution in [0.15, 0.2) is 42.5 Å². The van der Waals surface area contributed by atoms with Crippen molar-refractivity contribution < 1.29 is 18.0 Å². The van der Waals surface area contributed by atoms with Gasteiger partial charge in [-0.1, -0.05) is 60.9 Å². The molecule has 2 aliphatic carbocycles. The molecule has 0 spiro atoms. The van der Waals surface area contributed by atoms with E-state index < -0.39 is 12.5 Å². The van der Waals surface area contributed by atoms with Crippen LogP contribution in [-0.2, 0) is 16.6 Å². The molecule has 2 aromatic rings. The Morgan fingerprint density at radius 2 is 1.71 bits per heavy atom. The van der Waals surface area contributed by atoms with Crippen molar-refractivity contribution in [2.24, 2.45) is 5.92 Å². The first-order valence-electron chi connectivity index (χ1n) is 11.2. The zero-order chi connectivity index (χ0) is 22.2. The first-order chi connectivity index (χ1) is 14.7. The van der Waals surface area contributed by atoms with E-state index in [1.807, 2.05) is 0 Å². The second-order valence-corrected chi connectivity index (χ2v) is 9.41. The highest BCUT2D eigenvalue weighted by Gasteiger charge is 2.52. The van der Waals surface area contributed by atoms with E-state index in [-0.39, 0.29) is 0 Å². The number of carbonyl (C=O) groups excluding carboxylic acids is 1. The number of halogens is 3. The molecule has 2 fully saturated rings. The number of fused-ring (bicyclic) bond motifs is 1. The minimum Gasteiger partial charge on any atom is -0.303 e. The van der Waals surface area contributed by atoms with Crippen molar-refractivity contribution in [2.75, 3.05) is 13.6 Å². The summed E-state index contributed by atoms with van der Waals surface area (Å²) in [5.74, 6) is 0.876. The van der Waals surface area contributed by atoms with E-state index in [1.165, 1.54) is 61.8 Å². The first kappa shape index (κ1) is 22.1. The molecule has 1 saturated carbocycles. The van der Waals surface area contributed by atoms with Gasteiger partial charge in [-0.25, -0.2) is 0 Å². The summed E-state index contributed by atoms with van der Waals surface area (Å²) in [6, 6.07) is 17.2. The van der Waals surface area contributed by atoms with E-state index in [2.05, 4.69) is 61.3 Å². The van der Waals surface area contributed by atoms with E-state index in [0.717, 1.165) is 12.0 Å². The highest BCUT2D eigenvalue weighted by atomic mass is 19.4. The molecule has 3 aliphatic rings. The van der Waals surface area contributed by atoms with Crippen LogP contribution < -0.4 is 0 Å². The fourth-order valence-corrected chi connectivity index (χ4v) is 6.12. The van der Waals surface area contributed by atoms with E-state index in [9.17, 15) is 13.2 Å². The highest BCUT2D eigenvalue weighted by molar-refractivity contribution is 5.66. The van der Waals surface area contributed by atoms with E-state index in [4.69, 9.17) is 4.79 Å². The van der Waals surface area contributed by atoms with Crippen molar-refractivity contribution in [2.45, 2.75) is 63.1 Å². The number of benzene rings is 2. The lowest BCUT2D eigenvalue weighted by Gasteiger charge is -2.58. The number of rotatable bonds is 1. The van der Waals surface area contributed by atoms with Gasteiger partial charge >= 0.3 is 6.18 Å². The van der Waals surface area contributed by atoms with Gasteiger partial charge in [-0.2, -0.15) is 13.2 Å². The van der Waals surface area contributed by atoms with Crippen LogP contribution in [0.25, 0.3) is 11.1 Å². The number of likely N-dealkylation sites (tertiary alicyclic amines) is 1. The van der Waals surface area contributed by atoms with E-state index in [0.29, 0.717) is 5.41 Å². The lowest BCUT2D eigenvalue weighted by Crippen LogP contribution is -2.59. The summed E-state index contributed by atoms with van der Waals surface area (Å²) in [7, 11) is 2.36. The number of nitrogens with zero attached hydrogens (tertiary/aromatic N) is 1. The van der Waals surface area contributed by atoms with Crippen molar-refractivity contribution in [3.63, 3.8) is 0 Å². The summed E-state index contributed by atoms with van der Waals surface area (Å²) < 4.78 is 31.2. The van der Waals surface area contributed by atoms with E-state index >= 15 is 0 Å². The topological polar surface area (TPSA) is 20.3 Å². The van der Waals surface area contributed by atoms with Crippen molar-refractivity contribution in [3.05, 3.63) is 59.2 Å². The molecule has 1 aliphatic heterocycles. The number of piperidine rings is 1. The summed E-state index contributed by atoms with van der Waals surface area (Å²) in [5.41, 5.74) is 7.92. The third kappa shape index (κ3) is 4.30. The Labute approximate surface area is 182 Å². The number of likely N-dealkylation sites (N-methyl/N-ethyl adjacent to an activating group) is 1.